The molecule has 0 spiro atoms. The molecule has 2 atom stereocenters. The van der Waals surface area contributed by atoms with Gasteiger partial charge in [-0.25, -0.2) is 0 Å². The summed E-state index contributed by atoms with van der Waals surface area (Å²) in [6, 6.07) is 0.948. The number of aryl methyl sites for hydroxylation is 1. The van der Waals surface area contributed by atoms with Crippen LogP contribution in [0.4, 0.5) is 0 Å². The predicted molar refractivity (Wildman–Crippen MR) is 82.6 cm³/mol. The fourth-order valence-corrected chi connectivity index (χ4v) is 2.92. The largest absolute Gasteiger partial charge is 0.310 e. The van der Waals surface area contributed by atoms with Crippen molar-refractivity contribution in [3.05, 3.63) is 17.0 Å². The lowest BCUT2D eigenvalue weighted by molar-refractivity contribution is 0.441. The summed E-state index contributed by atoms with van der Waals surface area (Å²) >= 11 is 0. The van der Waals surface area contributed by atoms with E-state index in [0.717, 1.165) is 13.0 Å². The lowest BCUT2D eigenvalue weighted by Crippen LogP contribution is -2.22. The second kappa shape index (κ2) is 7.68. The van der Waals surface area contributed by atoms with Crippen LogP contribution in [0.5, 0.6) is 0 Å². The van der Waals surface area contributed by atoms with Crippen molar-refractivity contribution in [1.29, 1.82) is 0 Å². The molecule has 0 aliphatic carbocycles. The minimum Gasteiger partial charge on any atom is -0.310 e. The maximum absolute atomic E-state index is 4.78. The molecule has 0 aliphatic heterocycles. The molecule has 0 fully saturated rings. The second-order valence-electron chi connectivity index (χ2n) is 5.58. The van der Waals surface area contributed by atoms with Crippen LogP contribution in [0, 0.1) is 13.8 Å². The highest BCUT2D eigenvalue weighted by Gasteiger charge is 2.20. The summed E-state index contributed by atoms with van der Waals surface area (Å²) in [5.41, 5.74) is 3.95. The lowest BCUT2D eigenvalue weighted by atomic mass is 10.0. The zero-order valence-electron chi connectivity index (χ0n) is 13.6. The Kier molecular flexibility index (Phi) is 6.56. The van der Waals surface area contributed by atoms with Gasteiger partial charge < -0.3 is 5.32 Å². The molecule has 0 saturated carbocycles. The van der Waals surface area contributed by atoms with Crippen LogP contribution >= 0.6 is 0 Å². The number of hydrogen-bond donors (Lipinski definition) is 1. The van der Waals surface area contributed by atoms with Gasteiger partial charge in [0.1, 0.15) is 0 Å². The Balaban J connectivity index is 3.00. The topological polar surface area (TPSA) is 29.9 Å². The van der Waals surface area contributed by atoms with Gasteiger partial charge in [0.25, 0.3) is 0 Å². The van der Waals surface area contributed by atoms with Crippen molar-refractivity contribution in [2.24, 2.45) is 0 Å². The molecule has 0 aromatic carbocycles. The Morgan fingerprint density at radius 2 is 1.84 bits per heavy atom. The molecular formula is C16H31N3. The summed E-state index contributed by atoms with van der Waals surface area (Å²) in [5, 5.41) is 8.43. The first-order chi connectivity index (χ1) is 9.06. The van der Waals surface area contributed by atoms with E-state index in [0.29, 0.717) is 12.1 Å². The average molecular weight is 265 g/mol. The predicted octanol–water partition coefficient (Wildman–Crippen LogP) is 4.31. The van der Waals surface area contributed by atoms with Gasteiger partial charge in [-0.05, 0) is 46.6 Å². The van der Waals surface area contributed by atoms with Gasteiger partial charge in [-0.1, -0.05) is 27.2 Å². The average Bonchev–Trinajstić information content (AvgIpc) is 2.68. The van der Waals surface area contributed by atoms with Gasteiger partial charge in [-0.3, -0.25) is 4.68 Å². The number of nitrogens with zero attached hydrogens (tertiary/aromatic N) is 2. The molecule has 2 unspecified atom stereocenters. The fraction of sp³-hybridized carbons (Fsp3) is 0.812. The van der Waals surface area contributed by atoms with Crippen LogP contribution in [0.2, 0.25) is 0 Å². The molecule has 110 valence electrons. The highest BCUT2D eigenvalue weighted by Crippen LogP contribution is 2.27. The van der Waals surface area contributed by atoms with Crippen molar-refractivity contribution >= 4 is 0 Å². The van der Waals surface area contributed by atoms with Crippen LogP contribution in [-0.4, -0.2) is 16.3 Å². The molecule has 1 aromatic rings. The van der Waals surface area contributed by atoms with Crippen molar-refractivity contribution in [3.8, 4) is 0 Å². The molecule has 1 N–H and O–H groups in total. The van der Waals surface area contributed by atoms with Gasteiger partial charge in [-0.15, -0.1) is 0 Å². The number of nitrogens with one attached hydrogen (secondary N) is 1. The number of aromatic nitrogens is 2. The summed E-state index contributed by atoms with van der Waals surface area (Å²) in [5.74, 6) is 0. The highest BCUT2D eigenvalue weighted by atomic mass is 15.3. The van der Waals surface area contributed by atoms with Crippen LogP contribution in [-0.2, 0) is 0 Å². The molecule has 0 aliphatic rings. The van der Waals surface area contributed by atoms with Crippen LogP contribution in [0.15, 0.2) is 0 Å². The molecule has 0 bridgehead atoms. The van der Waals surface area contributed by atoms with Crippen molar-refractivity contribution in [2.45, 2.75) is 79.3 Å². The maximum Gasteiger partial charge on any atom is 0.0644 e. The Labute approximate surface area is 118 Å². The number of hydrogen-bond acceptors (Lipinski definition) is 2. The summed E-state index contributed by atoms with van der Waals surface area (Å²) in [4.78, 5) is 0. The van der Waals surface area contributed by atoms with E-state index in [1.807, 2.05) is 0 Å². The Morgan fingerprint density at radius 1 is 1.16 bits per heavy atom. The molecule has 0 saturated heterocycles. The zero-order chi connectivity index (χ0) is 14.4. The SMILES string of the molecule is CCCNC(CC)c1c(C)nn(C(C)CCC)c1C. The zero-order valence-corrected chi connectivity index (χ0v) is 13.6. The lowest BCUT2D eigenvalue weighted by Gasteiger charge is -2.19. The first kappa shape index (κ1) is 16.2. The van der Waals surface area contributed by atoms with Crippen LogP contribution in [0.3, 0.4) is 0 Å². The third-order valence-corrected chi connectivity index (χ3v) is 3.90. The number of rotatable bonds is 8. The third-order valence-electron chi connectivity index (χ3n) is 3.90. The molecular weight excluding hydrogens is 234 g/mol. The molecule has 0 radical (unpaired) electrons. The molecule has 1 rings (SSSR count). The van der Waals surface area contributed by atoms with Crippen molar-refractivity contribution in [2.75, 3.05) is 6.54 Å². The Hall–Kier alpha value is -0.830. The standard InChI is InChI=1S/C16H31N3/c1-7-10-12(4)19-14(6)16(13(5)18-19)15(9-3)17-11-8-2/h12,15,17H,7-11H2,1-6H3. The summed E-state index contributed by atoms with van der Waals surface area (Å²) < 4.78 is 2.23. The van der Waals surface area contributed by atoms with E-state index < -0.39 is 0 Å². The molecule has 19 heavy (non-hydrogen) atoms. The molecule has 1 heterocycles. The summed E-state index contributed by atoms with van der Waals surface area (Å²) in [7, 11) is 0. The Bertz CT molecular complexity index is 382. The molecule has 1 aromatic heterocycles. The van der Waals surface area contributed by atoms with Gasteiger partial charge in [0.05, 0.1) is 5.69 Å². The van der Waals surface area contributed by atoms with E-state index in [-0.39, 0.29) is 0 Å². The van der Waals surface area contributed by atoms with Crippen LogP contribution in [0.1, 0.15) is 82.4 Å². The second-order valence-corrected chi connectivity index (χ2v) is 5.58. The first-order valence-electron chi connectivity index (χ1n) is 7.85. The smallest absolute Gasteiger partial charge is 0.0644 e. The van der Waals surface area contributed by atoms with Gasteiger partial charge in [-0.2, -0.15) is 5.10 Å². The Morgan fingerprint density at radius 3 is 2.37 bits per heavy atom. The molecule has 0 amide bonds. The molecule has 3 nitrogen and oxygen atoms in total. The normalized spacial score (nSPS) is 14.6. The van der Waals surface area contributed by atoms with Crippen molar-refractivity contribution in [3.63, 3.8) is 0 Å². The third kappa shape index (κ3) is 3.82. The van der Waals surface area contributed by atoms with Gasteiger partial charge in [0, 0.05) is 23.3 Å². The minimum atomic E-state index is 0.447. The van der Waals surface area contributed by atoms with E-state index in [1.54, 1.807) is 0 Å². The van der Waals surface area contributed by atoms with Crippen LogP contribution in [0.25, 0.3) is 0 Å². The van der Waals surface area contributed by atoms with E-state index in [9.17, 15) is 0 Å². The highest BCUT2D eigenvalue weighted by molar-refractivity contribution is 5.28. The minimum absolute atomic E-state index is 0.447. The summed E-state index contributed by atoms with van der Waals surface area (Å²) in [6.45, 7) is 14.4. The van der Waals surface area contributed by atoms with Crippen molar-refractivity contribution < 1.29 is 0 Å². The van der Waals surface area contributed by atoms with E-state index >= 15 is 0 Å². The first-order valence-corrected chi connectivity index (χ1v) is 7.85. The van der Waals surface area contributed by atoms with Gasteiger partial charge in [0.15, 0.2) is 0 Å². The van der Waals surface area contributed by atoms with Gasteiger partial charge >= 0.3 is 0 Å². The van der Waals surface area contributed by atoms with E-state index in [1.165, 1.54) is 36.2 Å². The quantitative estimate of drug-likeness (QED) is 0.759. The fourth-order valence-electron chi connectivity index (χ4n) is 2.92. The van der Waals surface area contributed by atoms with Crippen LogP contribution < -0.4 is 5.32 Å². The maximum atomic E-state index is 4.78. The summed E-state index contributed by atoms with van der Waals surface area (Å²) in [6.07, 6.45) is 4.70. The van der Waals surface area contributed by atoms with Crippen molar-refractivity contribution in [1.82, 2.24) is 15.1 Å². The van der Waals surface area contributed by atoms with E-state index in [4.69, 9.17) is 5.10 Å². The van der Waals surface area contributed by atoms with E-state index in [2.05, 4.69) is 51.5 Å². The monoisotopic (exact) mass is 265 g/mol. The van der Waals surface area contributed by atoms with Gasteiger partial charge in [0.2, 0.25) is 0 Å². The molecule has 3 heteroatoms.